The number of rotatable bonds is 4. The minimum atomic E-state index is -0.0418. The topological polar surface area (TPSA) is 39.2 Å². The first-order valence-electron chi connectivity index (χ1n) is 5.98. The summed E-state index contributed by atoms with van der Waals surface area (Å²) in [6, 6.07) is 11.4. The van der Waals surface area contributed by atoms with Crippen LogP contribution in [0.4, 0.5) is 0 Å². The van der Waals surface area contributed by atoms with E-state index < -0.39 is 0 Å². The molecule has 100 valence electrons. The van der Waals surface area contributed by atoms with Gasteiger partial charge in [0.1, 0.15) is 11.3 Å². The summed E-state index contributed by atoms with van der Waals surface area (Å²) in [6.07, 6.45) is 1.72. The quantitative estimate of drug-likeness (QED) is 0.659. The van der Waals surface area contributed by atoms with Gasteiger partial charge in [-0.1, -0.05) is 18.2 Å². The van der Waals surface area contributed by atoms with Gasteiger partial charge in [0, 0.05) is 16.1 Å². The van der Waals surface area contributed by atoms with Crippen molar-refractivity contribution in [2.24, 2.45) is 0 Å². The van der Waals surface area contributed by atoms with Gasteiger partial charge in [0.05, 0.1) is 4.88 Å². The van der Waals surface area contributed by atoms with Crippen LogP contribution in [-0.4, -0.2) is 17.4 Å². The number of halogens is 1. The van der Waals surface area contributed by atoms with E-state index in [-0.39, 0.29) is 12.4 Å². The maximum Gasteiger partial charge on any atom is 0.211 e. The van der Waals surface area contributed by atoms with Crippen molar-refractivity contribution in [3.8, 4) is 5.75 Å². The van der Waals surface area contributed by atoms with Crippen LogP contribution in [0.1, 0.15) is 9.67 Å². The normalized spacial score (nSPS) is 10.7. The molecule has 3 nitrogen and oxygen atoms in total. The standard InChI is InChI=1S/C15H10BrNO2S/c16-11-6-8-20-15(11)12(18)9-19-13-5-1-3-10-4-2-7-17-14(10)13/h1-8H,9H2. The van der Waals surface area contributed by atoms with Crippen LogP contribution in [0.5, 0.6) is 5.75 Å². The number of aromatic nitrogens is 1. The van der Waals surface area contributed by atoms with E-state index in [0.717, 1.165) is 15.4 Å². The first-order valence-corrected chi connectivity index (χ1v) is 7.66. The lowest BCUT2D eigenvalue weighted by Gasteiger charge is -2.07. The molecule has 0 radical (unpaired) electrons. The van der Waals surface area contributed by atoms with Gasteiger partial charge < -0.3 is 4.74 Å². The van der Waals surface area contributed by atoms with Crippen molar-refractivity contribution in [1.82, 2.24) is 4.98 Å². The summed E-state index contributed by atoms with van der Waals surface area (Å²) < 4.78 is 6.45. The number of pyridine rings is 1. The average Bonchev–Trinajstić information content (AvgIpc) is 2.91. The second kappa shape index (κ2) is 5.73. The van der Waals surface area contributed by atoms with Gasteiger partial charge in [-0.15, -0.1) is 11.3 Å². The van der Waals surface area contributed by atoms with Gasteiger partial charge in [-0.05, 0) is 39.5 Å². The maximum atomic E-state index is 12.1. The number of hydrogen-bond donors (Lipinski definition) is 0. The van der Waals surface area contributed by atoms with Gasteiger partial charge in [0.2, 0.25) is 5.78 Å². The molecule has 0 spiro atoms. The van der Waals surface area contributed by atoms with E-state index >= 15 is 0 Å². The molecular formula is C15H10BrNO2S. The zero-order valence-electron chi connectivity index (χ0n) is 10.4. The van der Waals surface area contributed by atoms with Gasteiger partial charge >= 0.3 is 0 Å². The number of Topliss-reactive ketones (excluding diaryl/α,β-unsaturated/α-hetero) is 1. The van der Waals surface area contributed by atoms with Crippen molar-refractivity contribution in [3.63, 3.8) is 0 Å². The van der Waals surface area contributed by atoms with E-state index in [4.69, 9.17) is 4.74 Å². The number of fused-ring (bicyclic) bond motifs is 1. The van der Waals surface area contributed by atoms with Gasteiger partial charge in [-0.2, -0.15) is 0 Å². The van der Waals surface area contributed by atoms with Crippen molar-refractivity contribution in [3.05, 3.63) is 57.3 Å². The van der Waals surface area contributed by atoms with Crippen LogP contribution in [-0.2, 0) is 0 Å². The SMILES string of the molecule is O=C(COc1cccc2cccnc12)c1sccc1Br. The lowest BCUT2D eigenvalue weighted by atomic mass is 10.2. The fraction of sp³-hybridized carbons (Fsp3) is 0.0667. The predicted molar refractivity (Wildman–Crippen MR) is 83.6 cm³/mol. The number of carbonyl (C=O) groups is 1. The lowest BCUT2D eigenvalue weighted by molar-refractivity contribution is 0.0926. The zero-order chi connectivity index (χ0) is 13.9. The number of carbonyl (C=O) groups excluding carboxylic acids is 1. The van der Waals surface area contributed by atoms with Crippen molar-refractivity contribution < 1.29 is 9.53 Å². The molecular weight excluding hydrogens is 338 g/mol. The molecule has 1 aromatic carbocycles. The zero-order valence-corrected chi connectivity index (χ0v) is 12.8. The second-order valence-electron chi connectivity index (χ2n) is 4.14. The number of ketones is 1. The van der Waals surface area contributed by atoms with Crippen LogP contribution >= 0.6 is 27.3 Å². The van der Waals surface area contributed by atoms with Crippen LogP contribution in [0, 0.1) is 0 Å². The predicted octanol–water partition coefficient (Wildman–Crippen LogP) is 4.32. The highest BCUT2D eigenvalue weighted by Crippen LogP contribution is 2.25. The Balaban J connectivity index is 1.81. The van der Waals surface area contributed by atoms with Crippen molar-refractivity contribution in [1.29, 1.82) is 0 Å². The van der Waals surface area contributed by atoms with Crippen molar-refractivity contribution >= 4 is 44.0 Å². The molecule has 0 unspecified atom stereocenters. The molecule has 0 aliphatic rings. The smallest absolute Gasteiger partial charge is 0.211 e. The molecule has 0 aliphatic heterocycles. The molecule has 0 saturated carbocycles. The summed E-state index contributed by atoms with van der Waals surface area (Å²) in [6.45, 7) is 0.00873. The third-order valence-electron chi connectivity index (χ3n) is 2.82. The molecule has 0 atom stereocenters. The summed E-state index contributed by atoms with van der Waals surface area (Å²) in [5.74, 6) is 0.587. The van der Waals surface area contributed by atoms with E-state index in [9.17, 15) is 4.79 Å². The summed E-state index contributed by atoms with van der Waals surface area (Å²) >= 11 is 4.76. The molecule has 20 heavy (non-hydrogen) atoms. The molecule has 0 amide bonds. The highest BCUT2D eigenvalue weighted by Gasteiger charge is 2.13. The monoisotopic (exact) mass is 347 g/mol. The Kier molecular flexibility index (Phi) is 3.80. The molecule has 0 aliphatic carbocycles. The maximum absolute atomic E-state index is 12.1. The van der Waals surface area contributed by atoms with Crippen LogP contribution < -0.4 is 4.74 Å². The molecule has 0 N–H and O–H groups in total. The number of benzene rings is 1. The number of hydrogen-bond acceptors (Lipinski definition) is 4. The molecule has 0 fully saturated rings. The van der Waals surface area contributed by atoms with E-state index in [2.05, 4.69) is 20.9 Å². The highest BCUT2D eigenvalue weighted by molar-refractivity contribution is 9.10. The van der Waals surface area contributed by atoms with Gasteiger partial charge in [0.15, 0.2) is 6.61 Å². The van der Waals surface area contributed by atoms with Crippen LogP contribution in [0.2, 0.25) is 0 Å². The molecule has 2 aromatic heterocycles. The minimum absolute atomic E-state index is 0.00873. The van der Waals surface area contributed by atoms with E-state index in [0.29, 0.717) is 10.6 Å². The Bertz CT molecular complexity index is 764. The molecule has 2 heterocycles. The first kappa shape index (κ1) is 13.3. The van der Waals surface area contributed by atoms with Crippen LogP contribution in [0.15, 0.2) is 52.4 Å². The first-order chi connectivity index (χ1) is 9.75. The Morgan fingerprint density at radius 2 is 2.10 bits per heavy atom. The fourth-order valence-electron chi connectivity index (χ4n) is 1.89. The fourth-order valence-corrected chi connectivity index (χ4v) is 3.41. The second-order valence-corrected chi connectivity index (χ2v) is 5.91. The Hall–Kier alpha value is -1.72. The molecule has 3 rings (SSSR count). The van der Waals surface area contributed by atoms with E-state index in [1.807, 2.05) is 41.8 Å². The summed E-state index contributed by atoms with van der Waals surface area (Å²) in [5.41, 5.74) is 0.771. The third kappa shape index (κ3) is 2.59. The largest absolute Gasteiger partial charge is 0.483 e. The van der Waals surface area contributed by atoms with Crippen LogP contribution in [0.3, 0.4) is 0 Å². The lowest BCUT2D eigenvalue weighted by Crippen LogP contribution is -2.10. The molecule has 5 heteroatoms. The summed E-state index contributed by atoms with van der Waals surface area (Å²) in [7, 11) is 0. The van der Waals surface area contributed by atoms with Crippen molar-refractivity contribution in [2.45, 2.75) is 0 Å². The number of nitrogens with zero attached hydrogens (tertiary/aromatic N) is 1. The number of ether oxygens (including phenoxy) is 1. The summed E-state index contributed by atoms with van der Waals surface area (Å²) in [4.78, 5) is 17.0. The third-order valence-corrected chi connectivity index (χ3v) is 4.70. The number of para-hydroxylation sites is 1. The van der Waals surface area contributed by atoms with Gasteiger partial charge in [-0.25, -0.2) is 0 Å². The van der Waals surface area contributed by atoms with E-state index in [1.54, 1.807) is 6.20 Å². The van der Waals surface area contributed by atoms with Gasteiger partial charge in [0.25, 0.3) is 0 Å². The molecule has 3 aromatic rings. The minimum Gasteiger partial charge on any atom is -0.483 e. The van der Waals surface area contributed by atoms with Crippen molar-refractivity contribution in [2.75, 3.05) is 6.61 Å². The van der Waals surface area contributed by atoms with E-state index in [1.165, 1.54) is 11.3 Å². The van der Waals surface area contributed by atoms with Gasteiger partial charge in [-0.3, -0.25) is 9.78 Å². The Morgan fingerprint density at radius 1 is 1.25 bits per heavy atom. The van der Waals surface area contributed by atoms with Crippen LogP contribution in [0.25, 0.3) is 10.9 Å². The highest BCUT2D eigenvalue weighted by atomic mass is 79.9. The Labute approximate surface area is 128 Å². The molecule has 0 bridgehead atoms. The summed E-state index contributed by atoms with van der Waals surface area (Å²) in [5, 5.41) is 2.87. The average molecular weight is 348 g/mol. The Morgan fingerprint density at radius 3 is 2.90 bits per heavy atom. The number of thiophene rings is 1. The molecule has 0 saturated heterocycles.